The van der Waals surface area contributed by atoms with Gasteiger partial charge in [-0.3, -0.25) is 9.69 Å². The first kappa shape index (κ1) is 20.0. The Bertz CT molecular complexity index is 838. The maximum absolute atomic E-state index is 11.7. The van der Waals surface area contributed by atoms with Crippen molar-refractivity contribution in [3.63, 3.8) is 0 Å². The Kier molecular flexibility index (Phi) is 6.56. The highest BCUT2D eigenvalue weighted by Crippen LogP contribution is 2.36. The Morgan fingerprint density at radius 3 is 2.90 bits per heavy atom. The van der Waals surface area contributed by atoms with Crippen LogP contribution in [0.4, 0.5) is 0 Å². The molecule has 4 heteroatoms. The fourth-order valence-electron chi connectivity index (χ4n) is 5.08. The third-order valence-electron chi connectivity index (χ3n) is 6.70. The van der Waals surface area contributed by atoms with E-state index in [4.69, 9.17) is 4.42 Å². The maximum Gasteiger partial charge on any atom is 0.296 e. The molecule has 2 fully saturated rings. The Labute approximate surface area is 174 Å². The smallest absolute Gasteiger partial charge is 0.296 e. The van der Waals surface area contributed by atoms with E-state index in [2.05, 4.69) is 40.3 Å². The van der Waals surface area contributed by atoms with Crippen molar-refractivity contribution in [1.82, 2.24) is 10.2 Å². The normalized spacial score (nSPS) is 25.3. The number of nitrogens with zero attached hydrogens (tertiary/aromatic N) is 1. The molecule has 0 radical (unpaired) electrons. The molecule has 2 aliphatic carbocycles. The number of amides is 1. The highest BCUT2D eigenvalue weighted by atomic mass is 16.3. The van der Waals surface area contributed by atoms with Crippen LogP contribution in [0.25, 0.3) is 11.3 Å². The van der Waals surface area contributed by atoms with Gasteiger partial charge in [0.15, 0.2) is 0 Å². The SMILES string of the molecule is CC#CC(=O)NC1CCC(CCN2CCCCC2c2coc3cccc-3c2)CC1. The van der Waals surface area contributed by atoms with Gasteiger partial charge in [-0.25, -0.2) is 0 Å². The minimum atomic E-state index is -0.126. The number of hydrogen-bond donors (Lipinski definition) is 1. The van der Waals surface area contributed by atoms with Gasteiger partial charge in [-0.15, -0.1) is 0 Å². The number of carbonyl (C=O) groups is 1. The topological polar surface area (TPSA) is 45.5 Å². The van der Waals surface area contributed by atoms with Gasteiger partial charge in [-0.05, 0) is 88.9 Å². The van der Waals surface area contributed by atoms with Crippen LogP contribution in [0.3, 0.4) is 0 Å². The third kappa shape index (κ3) is 5.03. The standard InChI is InChI=1S/C25H32N2O2/c1-2-6-25(28)26-22-12-10-19(11-13-22)14-16-27-15-4-3-8-23(27)21-17-20-7-5-9-24(20)29-18-21/h5,7,9,17-19,22-23H,3-4,8,10-16H2,1H3,(H,26,28). The zero-order chi connectivity index (χ0) is 20.1. The molecular formula is C25H32N2O2. The summed E-state index contributed by atoms with van der Waals surface area (Å²) in [5, 5.41) is 3.05. The summed E-state index contributed by atoms with van der Waals surface area (Å²) in [5.74, 6) is 6.88. The summed E-state index contributed by atoms with van der Waals surface area (Å²) in [7, 11) is 0. The Hall–Kier alpha value is -2.25. The molecule has 0 spiro atoms. The third-order valence-corrected chi connectivity index (χ3v) is 6.70. The Morgan fingerprint density at radius 2 is 2.07 bits per heavy atom. The maximum atomic E-state index is 11.7. The van der Waals surface area contributed by atoms with Crippen molar-refractivity contribution in [1.29, 1.82) is 0 Å². The fourth-order valence-corrected chi connectivity index (χ4v) is 5.08. The molecule has 29 heavy (non-hydrogen) atoms. The van der Waals surface area contributed by atoms with E-state index in [1.807, 2.05) is 12.3 Å². The van der Waals surface area contributed by atoms with Crippen LogP contribution in [0, 0.1) is 17.8 Å². The lowest BCUT2D eigenvalue weighted by atomic mass is 9.83. The molecule has 4 aliphatic rings. The molecule has 4 rings (SSSR count). The van der Waals surface area contributed by atoms with Gasteiger partial charge in [0.05, 0.1) is 6.26 Å². The number of piperidine rings is 1. The summed E-state index contributed by atoms with van der Waals surface area (Å²) in [6.45, 7) is 4.05. The molecule has 1 N–H and O–H groups in total. The fraction of sp³-hybridized carbons (Fsp3) is 0.560. The summed E-state index contributed by atoms with van der Waals surface area (Å²) in [5.41, 5.74) is 2.54. The lowest BCUT2D eigenvalue weighted by Gasteiger charge is -2.37. The van der Waals surface area contributed by atoms with Crippen molar-refractivity contribution in [3.05, 3.63) is 36.1 Å². The Morgan fingerprint density at radius 1 is 1.21 bits per heavy atom. The summed E-state index contributed by atoms with van der Waals surface area (Å²) < 4.78 is 5.87. The molecule has 1 saturated carbocycles. The van der Waals surface area contributed by atoms with Crippen molar-refractivity contribution >= 4 is 5.91 Å². The number of likely N-dealkylation sites (tertiary alicyclic amines) is 1. The molecular weight excluding hydrogens is 360 g/mol. The van der Waals surface area contributed by atoms with Crippen LogP contribution >= 0.6 is 0 Å². The van der Waals surface area contributed by atoms with Gasteiger partial charge in [-0.1, -0.05) is 24.5 Å². The quantitative estimate of drug-likeness (QED) is 0.729. The van der Waals surface area contributed by atoms with Gasteiger partial charge in [-0.2, -0.15) is 0 Å². The number of hydrogen-bond acceptors (Lipinski definition) is 3. The van der Waals surface area contributed by atoms with Crippen LogP contribution in [-0.2, 0) is 4.79 Å². The van der Waals surface area contributed by atoms with Crippen LogP contribution in [0.2, 0.25) is 0 Å². The van der Waals surface area contributed by atoms with Crippen molar-refractivity contribution in [3.8, 4) is 23.2 Å². The molecule has 0 aromatic heterocycles. The molecule has 2 aliphatic heterocycles. The summed E-state index contributed by atoms with van der Waals surface area (Å²) >= 11 is 0. The van der Waals surface area contributed by atoms with E-state index in [0.29, 0.717) is 12.1 Å². The zero-order valence-corrected chi connectivity index (χ0v) is 17.5. The van der Waals surface area contributed by atoms with E-state index >= 15 is 0 Å². The van der Waals surface area contributed by atoms with Gasteiger partial charge in [0.1, 0.15) is 5.76 Å². The van der Waals surface area contributed by atoms with Crippen molar-refractivity contribution in [2.75, 3.05) is 13.1 Å². The van der Waals surface area contributed by atoms with E-state index < -0.39 is 0 Å². The first-order valence-corrected chi connectivity index (χ1v) is 11.2. The highest BCUT2D eigenvalue weighted by molar-refractivity contribution is 5.93. The zero-order valence-electron chi connectivity index (χ0n) is 17.5. The van der Waals surface area contributed by atoms with Crippen LogP contribution in [0.1, 0.15) is 69.9 Å². The van der Waals surface area contributed by atoms with Crippen molar-refractivity contribution in [2.24, 2.45) is 5.92 Å². The minimum absolute atomic E-state index is 0.126. The van der Waals surface area contributed by atoms with E-state index in [9.17, 15) is 4.79 Å². The van der Waals surface area contributed by atoms with Crippen LogP contribution in [0.5, 0.6) is 0 Å². The molecule has 154 valence electrons. The van der Waals surface area contributed by atoms with Crippen LogP contribution in [-0.4, -0.2) is 29.9 Å². The number of fused-ring (bicyclic) bond motifs is 1. The molecule has 1 saturated heterocycles. The molecule has 0 aromatic rings. The number of rotatable bonds is 5. The van der Waals surface area contributed by atoms with Gasteiger partial charge in [0, 0.05) is 23.2 Å². The summed E-state index contributed by atoms with van der Waals surface area (Å²) in [6, 6.07) is 9.33. The van der Waals surface area contributed by atoms with E-state index in [1.54, 1.807) is 6.92 Å². The number of carbonyl (C=O) groups excluding carboxylic acids is 1. The first-order valence-electron chi connectivity index (χ1n) is 11.2. The molecule has 0 aromatic carbocycles. The second kappa shape index (κ2) is 9.50. The first-order chi connectivity index (χ1) is 14.2. The molecule has 2 heterocycles. The van der Waals surface area contributed by atoms with Crippen LogP contribution in [0.15, 0.2) is 34.9 Å². The molecule has 4 nitrogen and oxygen atoms in total. The molecule has 0 bridgehead atoms. The average molecular weight is 393 g/mol. The summed E-state index contributed by atoms with van der Waals surface area (Å²) in [6.07, 6.45) is 11.6. The van der Waals surface area contributed by atoms with Gasteiger partial charge in [0.25, 0.3) is 5.91 Å². The van der Waals surface area contributed by atoms with E-state index in [0.717, 1.165) is 31.1 Å². The molecule has 1 atom stereocenters. The van der Waals surface area contributed by atoms with E-state index in [1.165, 1.54) is 56.2 Å². The van der Waals surface area contributed by atoms with Gasteiger partial charge < -0.3 is 9.73 Å². The predicted octanol–water partition coefficient (Wildman–Crippen LogP) is 5.00. The van der Waals surface area contributed by atoms with Gasteiger partial charge >= 0.3 is 0 Å². The molecule has 1 amide bonds. The lowest BCUT2D eigenvalue weighted by Crippen LogP contribution is -2.38. The average Bonchev–Trinajstić information content (AvgIpc) is 3.21. The van der Waals surface area contributed by atoms with Gasteiger partial charge in [0.2, 0.25) is 0 Å². The summed E-state index contributed by atoms with van der Waals surface area (Å²) in [4.78, 5) is 14.3. The molecule has 1 unspecified atom stereocenters. The van der Waals surface area contributed by atoms with E-state index in [-0.39, 0.29) is 5.91 Å². The van der Waals surface area contributed by atoms with Crippen molar-refractivity contribution in [2.45, 2.75) is 70.4 Å². The highest BCUT2D eigenvalue weighted by Gasteiger charge is 2.27. The lowest BCUT2D eigenvalue weighted by molar-refractivity contribution is -0.116. The minimum Gasteiger partial charge on any atom is -0.464 e. The monoisotopic (exact) mass is 392 g/mol. The van der Waals surface area contributed by atoms with Crippen molar-refractivity contribution < 1.29 is 9.21 Å². The number of nitrogens with one attached hydrogen (secondary N) is 1. The van der Waals surface area contributed by atoms with Crippen LogP contribution < -0.4 is 5.32 Å². The second-order valence-corrected chi connectivity index (χ2v) is 8.63. The largest absolute Gasteiger partial charge is 0.464 e. The Balaban J connectivity index is 1.30. The predicted molar refractivity (Wildman–Crippen MR) is 115 cm³/mol. The second-order valence-electron chi connectivity index (χ2n) is 8.63.